The van der Waals surface area contributed by atoms with E-state index >= 15 is 0 Å². The van der Waals surface area contributed by atoms with Crippen molar-refractivity contribution in [2.24, 2.45) is 0 Å². The quantitative estimate of drug-likeness (QED) is 0.751. The summed E-state index contributed by atoms with van der Waals surface area (Å²) in [5, 5.41) is 7.01. The lowest BCUT2D eigenvalue weighted by molar-refractivity contribution is 0.914. The number of hydrogen-bond donors (Lipinski definition) is 1. The molecule has 0 bridgehead atoms. The molecule has 3 nitrogen and oxygen atoms in total. The van der Waals surface area contributed by atoms with Gasteiger partial charge in [-0.25, -0.2) is 9.97 Å². The Hall–Kier alpha value is -1.46. The van der Waals surface area contributed by atoms with Crippen LogP contribution < -0.4 is 5.32 Å². The highest BCUT2D eigenvalue weighted by atomic mass is 32.1. The number of rotatable bonds is 5. The summed E-state index contributed by atoms with van der Waals surface area (Å²) in [6.07, 6.45) is 5.62. The highest BCUT2D eigenvalue weighted by Gasteiger charge is 2.21. The zero-order valence-corrected chi connectivity index (χ0v) is 14.3. The van der Waals surface area contributed by atoms with Gasteiger partial charge in [0.1, 0.15) is 16.5 Å². The summed E-state index contributed by atoms with van der Waals surface area (Å²) in [5.41, 5.74) is 1.50. The lowest BCUT2D eigenvalue weighted by atomic mass is 10.2. The Morgan fingerprint density at radius 1 is 1.27 bits per heavy atom. The summed E-state index contributed by atoms with van der Waals surface area (Å²) in [4.78, 5) is 13.6. The van der Waals surface area contributed by atoms with Gasteiger partial charge in [-0.05, 0) is 42.7 Å². The van der Waals surface area contributed by atoms with Crippen molar-refractivity contribution in [2.45, 2.75) is 39.0 Å². The van der Waals surface area contributed by atoms with Gasteiger partial charge in [-0.2, -0.15) is 0 Å². The maximum atomic E-state index is 4.78. The first kappa shape index (κ1) is 14.2. The third kappa shape index (κ3) is 2.52. The second kappa shape index (κ2) is 5.97. The number of fused-ring (bicyclic) bond motifs is 3. The number of nitrogens with one attached hydrogen (secondary N) is 1. The highest BCUT2D eigenvalue weighted by Crippen LogP contribution is 2.39. The molecule has 0 radical (unpaired) electrons. The minimum atomic E-state index is 0.887. The van der Waals surface area contributed by atoms with Crippen LogP contribution in [-0.2, 0) is 25.7 Å². The van der Waals surface area contributed by atoms with Crippen LogP contribution in [0.25, 0.3) is 10.2 Å². The molecule has 1 N–H and O–H groups in total. The zero-order chi connectivity index (χ0) is 14.9. The summed E-state index contributed by atoms with van der Waals surface area (Å²) in [7, 11) is 0. The molecule has 0 unspecified atom stereocenters. The lowest BCUT2D eigenvalue weighted by Gasteiger charge is -2.09. The fourth-order valence-electron chi connectivity index (χ4n) is 3.08. The molecule has 5 heteroatoms. The predicted molar refractivity (Wildman–Crippen MR) is 95.3 cm³/mol. The minimum absolute atomic E-state index is 0.887. The van der Waals surface area contributed by atoms with E-state index < -0.39 is 0 Å². The molecule has 0 saturated heterocycles. The topological polar surface area (TPSA) is 37.8 Å². The molecular weight excluding hydrogens is 310 g/mol. The normalized spacial score (nSPS) is 13.7. The summed E-state index contributed by atoms with van der Waals surface area (Å²) >= 11 is 3.69. The van der Waals surface area contributed by atoms with Crippen LogP contribution in [0.4, 0.5) is 5.82 Å². The largest absolute Gasteiger partial charge is 0.369 e. The van der Waals surface area contributed by atoms with Crippen molar-refractivity contribution in [2.75, 3.05) is 11.9 Å². The summed E-state index contributed by atoms with van der Waals surface area (Å²) in [6.45, 7) is 3.05. The molecule has 3 heterocycles. The van der Waals surface area contributed by atoms with Crippen molar-refractivity contribution in [3.63, 3.8) is 0 Å². The Morgan fingerprint density at radius 3 is 3.05 bits per heavy atom. The van der Waals surface area contributed by atoms with Crippen LogP contribution in [0.15, 0.2) is 17.5 Å². The van der Waals surface area contributed by atoms with E-state index in [0.29, 0.717) is 0 Å². The first-order valence-corrected chi connectivity index (χ1v) is 9.62. The molecule has 3 aromatic rings. The molecule has 0 aromatic carbocycles. The standard InChI is InChI=1S/C17H19N3S2/c1-2-14-19-16(18-9-8-11-5-4-10-21-11)15-12-6-3-7-13(12)22-17(15)20-14/h4-5,10H,2-3,6-9H2,1H3,(H,18,19,20). The Balaban J connectivity index is 1.65. The lowest BCUT2D eigenvalue weighted by Crippen LogP contribution is -2.08. The molecule has 114 valence electrons. The minimum Gasteiger partial charge on any atom is -0.369 e. The summed E-state index contributed by atoms with van der Waals surface area (Å²) in [6, 6.07) is 4.31. The molecule has 0 saturated carbocycles. The number of hydrogen-bond acceptors (Lipinski definition) is 5. The van der Waals surface area contributed by atoms with Crippen molar-refractivity contribution in [1.82, 2.24) is 9.97 Å². The van der Waals surface area contributed by atoms with E-state index in [1.54, 1.807) is 0 Å². The Kier molecular flexibility index (Phi) is 3.84. The zero-order valence-electron chi connectivity index (χ0n) is 12.7. The second-order valence-electron chi connectivity index (χ2n) is 5.64. The van der Waals surface area contributed by atoms with Crippen LogP contribution in [0.3, 0.4) is 0 Å². The Labute approximate surface area is 138 Å². The molecule has 0 atom stereocenters. The van der Waals surface area contributed by atoms with Gasteiger partial charge in [-0.15, -0.1) is 22.7 Å². The van der Waals surface area contributed by atoms with E-state index in [-0.39, 0.29) is 0 Å². The molecule has 0 spiro atoms. The molecule has 0 fully saturated rings. The first-order valence-electron chi connectivity index (χ1n) is 7.92. The van der Waals surface area contributed by atoms with Crippen LogP contribution in [0.2, 0.25) is 0 Å². The van der Waals surface area contributed by atoms with Crippen LogP contribution in [-0.4, -0.2) is 16.5 Å². The second-order valence-corrected chi connectivity index (χ2v) is 7.75. The number of nitrogens with zero attached hydrogens (tertiary/aromatic N) is 2. The maximum Gasteiger partial charge on any atom is 0.138 e. The van der Waals surface area contributed by atoms with Crippen LogP contribution in [0.5, 0.6) is 0 Å². The molecule has 0 aliphatic heterocycles. The van der Waals surface area contributed by atoms with E-state index in [4.69, 9.17) is 9.97 Å². The Bertz CT molecular complexity index is 790. The molecule has 22 heavy (non-hydrogen) atoms. The third-order valence-electron chi connectivity index (χ3n) is 4.17. The molecule has 1 aliphatic carbocycles. The monoisotopic (exact) mass is 329 g/mol. The third-order valence-corrected chi connectivity index (χ3v) is 6.29. The van der Waals surface area contributed by atoms with Gasteiger partial charge in [-0.1, -0.05) is 13.0 Å². The maximum absolute atomic E-state index is 4.78. The van der Waals surface area contributed by atoms with Gasteiger partial charge in [0.2, 0.25) is 0 Å². The SMILES string of the molecule is CCc1nc(NCCc2cccs2)c2c3c(sc2n1)CCC3. The van der Waals surface area contributed by atoms with E-state index in [2.05, 4.69) is 29.8 Å². The van der Waals surface area contributed by atoms with E-state index in [0.717, 1.165) is 31.0 Å². The van der Waals surface area contributed by atoms with Crippen molar-refractivity contribution in [1.29, 1.82) is 0 Å². The summed E-state index contributed by atoms with van der Waals surface area (Å²) < 4.78 is 0. The van der Waals surface area contributed by atoms with E-state index in [1.807, 2.05) is 22.7 Å². The van der Waals surface area contributed by atoms with Crippen LogP contribution in [0.1, 0.15) is 34.5 Å². The molecular formula is C17H19N3S2. The van der Waals surface area contributed by atoms with Crippen LogP contribution in [0, 0.1) is 0 Å². The average molecular weight is 329 g/mol. The van der Waals surface area contributed by atoms with Crippen molar-refractivity contribution < 1.29 is 0 Å². The van der Waals surface area contributed by atoms with Crippen molar-refractivity contribution in [3.8, 4) is 0 Å². The van der Waals surface area contributed by atoms with Crippen LogP contribution >= 0.6 is 22.7 Å². The van der Waals surface area contributed by atoms with Crippen molar-refractivity contribution in [3.05, 3.63) is 38.7 Å². The van der Waals surface area contributed by atoms with Gasteiger partial charge >= 0.3 is 0 Å². The molecule has 1 aliphatic rings. The fraction of sp³-hybridized carbons (Fsp3) is 0.412. The smallest absolute Gasteiger partial charge is 0.138 e. The number of aryl methyl sites for hydroxylation is 3. The van der Waals surface area contributed by atoms with Gasteiger partial charge in [0, 0.05) is 22.7 Å². The first-order chi connectivity index (χ1) is 10.8. The van der Waals surface area contributed by atoms with Gasteiger partial charge in [0.15, 0.2) is 0 Å². The molecule has 4 rings (SSSR count). The van der Waals surface area contributed by atoms with Crippen molar-refractivity contribution >= 4 is 38.7 Å². The predicted octanol–water partition coefficient (Wildman–Crippen LogP) is 4.46. The number of aromatic nitrogens is 2. The highest BCUT2D eigenvalue weighted by molar-refractivity contribution is 7.19. The molecule has 3 aromatic heterocycles. The van der Waals surface area contributed by atoms with E-state index in [1.165, 1.54) is 44.8 Å². The van der Waals surface area contributed by atoms with Gasteiger partial charge in [0.25, 0.3) is 0 Å². The van der Waals surface area contributed by atoms with Gasteiger partial charge < -0.3 is 5.32 Å². The average Bonchev–Trinajstić information content (AvgIpc) is 3.22. The summed E-state index contributed by atoms with van der Waals surface area (Å²) in [5.74, 6) is 2.00. The van der Waals surface area contributed by atoms with Gasteiger partial charge in [-0.3, -0.25) is 0 Å². The molecule has 0 amide bonds. The fourth-order valence-corrected chi connectivity index (χ4v) is 5.07. The number of anilines is 1. The number of thiophene rings is 2. The van der Waals surface area contributed by atoms with Gasteiger partial charge in [0.05, 0.1) is 5.39 Å². The Morgan fingerprint density at radius 2 is 2.23 bits per heavy atom. The van der Waals surface area contributed by atoms with E-state index in [9.17, 15) is 0 Å².